The lowest BCUT2D eigenvalue weighted by molar-refractivity contribution is 0.0709. The molecule has 2 heterocycles. The summed E-state index contributed by atoms with van der Waals surface area (Å²) in [6, 6.07) is 7.57. The molecule has 1 aromatic carbocycles. The van der Waals surface area contributed by atoms with Crippen LogP contribution < -0.4 is 10.4 Å². The van der Waals surface area contributed by atoms with Gasteiger partial charge in [0.05, 0.1) is 7.11 Å². The molecule has 7 nitrogen and oxygen atoms in total. The first kappa shape index (κ1) is 18.8. The SMILES string of the molecule is COc1cccc(C(=O)N2CCC(c3nn(C)c(=O)n3C3CCCC3)CC2)c1. The molecule has 1 aromatic heterocycles. The number of carbonyl (C=O) groups excluding carboxylic acids is 1. The lowest BCUT2D eigenvalue weighted by Gasteiger charge is -2.32. The van der Waals surface area contributed by atoms with Crippen molar-refractivity contribution < 1.29 is 9.53 Å². The molecule has 2 fully saturated rings. The van der Waals surface area contributed by atoms with Crippen molar-refractivity contribution in [3.8, 4) is 5.75 Å². The maximum atomic E-state index is 12.8. The average molecular weight is 384 g/mol. The Labute approximate surface area is 164 Å². The molecule has 0 radical (unpaired) electrons. The minimum Gasteiger partial charge on any atom is -0.497 e. The third kappa shape index (κ3) is 3.45. The second-order valence-corrected chi connectivity index (χ2v) is 7.87. The van der Waals surface area contributed by atoms with Crippen LogP contribution in [0.2, 0.25) is 0 Å². The summed E-state index contributed by atoms with van der Waals surface area (Å²) in [6.07, 6.45) is 6.15. The average Bonchev–Trinajstić information content (AvgIpc) is 3.36. The zero-order valence-corrected chi connectivity index (χ0v) is 16.6. The van der Waals surface area contributed by atoms with Gasteiger partial charge in [-0.15, -0.1) is 0 Å². The summed E-state index contributed by atoms with van der Waals surface area (Å²) in [6.45, 7) is 1.35. The number of carbonyl (C=O) groups is 1. The maximum absolute atomic E-state index is 12.8. The standard InChI is InChI=1S/C21H28N4O3/c1-23-21(27)25(17-7-3-4-8-17)19(22-23)15-10-12-24(13-11-15)20(26)16-6-5-9-18(14-16)28-2/h5-6,9,14-15,17H,3-4,7-8,10-13H2,1-2H3. The molecule has 1 saturated carbocycles. The number of piperidine rings is 1. The normalized spacial score (nSPS) is 18.6. The Kier molecular flexibility index (Phi) is 5.24. The second kappa shape index (κ2) is 7.81. The van der Waals surface area contributed by atoms with Gasteiger partial charge in [0.1, 0.15) is 11.6 Å². The third-order valence-electron chi connectivity index (χ3n) is 6.14. The van der Waals surface area contributed by atoms with Crippen LogP contribution in [-0.4, -0.2) is 45.4 Å². The number of hydrogen-bond acceptors (Lipinski definition) is 4. The van der Waals surface area contributed by atoms with Crippen LogP contribution in [0.3, 0.4) is 0 Å². The van der Waals surface area contributed by atoms with Gasteiger partial charge in [0.15, 0.2) is 0 Å². The number of methoxy groups -OCH3 is 1. The van der Waals surface area contributed by atoms with Crippen LogP contribution in [0.5, 0.6) is 5.75 Å². The van der Waals surface area contributed by atoms with E-state index in [9.17, 15) is 9.59 Å². The number of nitrogens with zero attached hydrogens (tertiary/aromatic N) is 4. The van der Waals surface area contributed by atoms with Gasteiger partial charge in [0.25, 0.3) is 5.91 Å². The van der Waals surface area contributed by atoms with E-state index >= 15 is 0 Å². The van der Waals surface area contributed by atoms with E-state index in [1.165, 1.54) is 17.5 Å². The molecule has 0 bridgehead atoms. The van der Waals surface area contributed by atoms with Crippen LogP contribution in [-0.2, 0) is 7.05 Å². The molecule has 1 amide bonds. The molecule has 0 spiro atoms. The molecule has 0 N–H and O–H groups in total. The number of aromatic nitrogens is 3. The van der Waals surface area contributed by atoms with E-state index < -0.39 is 0 Å². The molecule has 1 saturated heterocycles. The lowest BCUT2D eigenvalue weighted by atomic mass is 9.95. The van der Waals surface area contributed by atoms with E-state index in [2.05, 4.69) is 5.10 Å². The fourth-order valence-electron chi connectivity index (χ4n) is 4.56. The number of likely N-dealkylation sites (tertiary alicyclic amines) is 1. The van der Waals surface area contributed by atoms with Crippen molar-refractivity contribution in [2.24, 2.45) is 7.05 Å². The summed E-state index contributed by atoms with van der Waals surface area (Å²) in [5.74, 6) is 1.86. The minimum absolute atomic E-state index is 0.00298. The van der Waals surface area contributed by atoms with Gasteiger partial charge in [0, 0.05) is 37.7 Å². The Morgan fingerprint density at radius 3 is 2.54 bits per heavy atom. The van der Waals surface area contributed by atoms with Crippen LogP contribution in [0.1, 0.15) is 66.7 Å². The molecule has 1 aliphatic carbocycles. The van der Waals surface area contributed by atoms with Gasteiger partial charge in [-0.25, -0.2) is 9.48 Å². The van der Waals surface area contributed by atoms with E-state index in [0.717, 1.165) is 31.5 Å². The molecular weight excluding hydrogens is 356 g/mol. The molecule has 0 atom stereocenters. The van der Waals surface area contributed by atoms with Crippen molar-refractivity contribution in [2.45, 2.75) is 50.5 Å². The third-order valence-corrected chi connectivity index (χ3v) is 6.14. The highest BCUT2D eigenvalue weighted by molar-refractivity contribution is 5.94. The van der Waals surface area contributed by atoms with E-state index in [0.29, 0.717) is 24.4 Å². The molecule has 7 heteroatoms. The van der Waals surface area contributed by atoms with Crippen molar-refractivity contribution in [1.29, 1.82) is 0 Å². The van der Waals surface area contributed by atoms with Gasteiger partial charge in [-0.05, 0) is 43.9 Å². The van der Waals surface area contributed by atoms with Gasteiger partial charge in [0.2, 0.25) is 0 Å². The Hall–Kier alpha value is -2.57. The smallest absolute Gasteiger partial charge is 0.345 e. The quantitative estimate of drug-likeness (QED) is 0.813. The van der Waals surface area contributed by atoms with Gasteiger partial charge >= 0.3 is 5.69 Å². The Bertz CT molecular complexity index is 903. The summed E-state index contributed by atoms with van der Waals surface area (Å²) >= 11 is 0. The number of amides is 1. The van der Waals surface area contributed by atoms with Crippen molar-refractivity contribution in [3.63, 3.8) is 0 Å². The molecule has 2 aromatic rings. The maximum Gasteiger partial charge on any atom is 0.345 e. The van der Waals surface area contributed by atoms with Crippen LogP contribution in [0.15, 0.2) is 29.1 Å². The second-order valence-electron chi connectivity index (χ2n) is 7.87. The van der Waals surface area contributed by atoms with Crippen molar-refractivity contribution in [1.82, 2.24) is 19.2 Å². The summed E-state index contributed by atoms with van der Waals surface area (Å²) < 4.78 is 8.64. The first-order valence-electron chi connectivity index (χ1n) is 10.2. The summed E-state index contributed by atoms with van der Waals surface area (Å²) in [5, 5.41) is 4.58. The highest BCUT2D eigenvalue weighted by Gasteiger charge is 2.31. The Morgan fingerprint density at radius 1 is 1.14 bits per heavy atom. The van der Waals surface area contributed by atoms with Crippen LogP contribution in [0, 0.1) is 0 Å². The van der Waals surface area contributed by atoms with Crippen molar-refractivity contribution in [2.75, 3.05) is 20.2 Å². The van der Waals surface area contributed by atoms with Gasteiger partial charge in [-0.2, -0.15) is 5.10 Å². The number of rotatable bonds is 4. The first-order valence-corrected chi connectivity index (χ1v) is 10.2. The molecule has 28 heavy (non-hydrogen) atoms. The van der Waals surface area contributed by atoms with E-state index in [4.69, 9.17) is 4.74 Å². The van der Waals surface area contributed by atoms with E-state index in [1.807, 2.05) is 27.7 Å². The first-order chi connectivity index (χ1) is 13.6. The Balaban J connectivity index is 1.48. The molecule has 2 aliphatic rings. The summed E-state index contributed by atoms with van der Waals surface area (Å²) in [7, 11) is 3.34. The molecule has 1 aliphatic heterocycles. The molecule has 4 rings (SSSR count). The van der Waals surface area contributed by atoms with Gasteiger partial charge in [-0.1, -0.05) is 18.9 Å². The monoisotopic (exact) mass is 384 g/mol. The Morgan fingerprint density at radius 2 is 1.86 bits per heavy atom. The van der Waals surface area contributed by atoms with E-state index in [1.54, 1.807) is 20.2 Å². The fourth-order valence-corrected chi connectivity index (χ4v) is 4.56. The highest BCUT2D eigenvalue weighted by atomic mass is 16.5. The van der Waals surface area contributed by atoms with Gasteiger partial charge in [-0.3, -0.25) is 9.36 Å². The molecular formula is C21H28N4O3. The summed E-state index contributed by atoms with van der Waals surface area (Å²) in [4.78, 5) is 27.4. The fraction of sp³-hybridized carbons (Fsp3) is 0.571. The largest absolute Gasteiger partial charge is 0.497 e. The number of ether oxygens (including phenoxy) is 1. The summed E-state index contributed by atoms with van der Waals surface area (Å²) in [5.41, 5.74) is 0.648. The zero-order valence-electron chi connectivity index (χ0n) is 16.6. The van der Waals surface area contributed by atoms with Crippen molar-refractivity contribution >= 4 is 5.91 Å². The van der Waals surface area contributed by atoms with Gasteiger partial charge < -0.3 is 9.64 Å². The predicted molar refractivity (Wildman–Crippen MR) is 106 cm³/mol. The van der Waals surface area contributed by atoms with Crippen LogP contribution >= 0.6 is 0 Å². The van der Waals surface area contributed by atoms with Crippen LogP contribution in [0.25, 0.3) is 0 Å². The number of aryl methyl sites for hydroxylation is 1. The highest BCUT2D eigenvalue weighted by Crippen LogP contribution is 2.33. The van der Waals surface area contributed by atoms with Crippen LogP contribution in [0.4, 0.5) is 0 Å². The number of hydrogen-bond donors (Lipinski definition) is 0. The minimum atomic E-state index is -0.00298. The predicted octanol–water partition coefficient (Wildman–Crippen LogP) is 2.73. The number of benzene rings is 1. The van der Waals surface area contributed by atoms with Crippen molar-refractivity contribution in [3.05, 3.63) is 46.1 Å². The molecule has 150 valence electrons. The topological polar surface area (TPSA) is 69.4 Å². The lowest BCUT2D eigenvalue weighted by Crippen LogP contribution is -2.38. The van der Waals surface area contributed by atoms with E-state index in [-0.39, 0.29) is 23.6 Å². The zero-order chi connectivity index (χ0) is 19.7. The molecule has 0 unspecified atom stereocenters.